The second-order valence-electron chi connectivity index (χ2n) is 9.31. The molecule has 4 heterocycles. The molecule has 1 aliphatic rings. The number of nitrogens with zero attached hydrogens (tertiary/aromatic N) is 3. The third kappa shape index (κ3) is 6.85. The summed E-state index contributed by atoms with van der Waals surface area (Å²) in [6, 6.07) is 12.4. The van der Waals surface area contributed by atoms with Gasteiger partial charge in [0.2, 0.25) is 0 Å². The molecule has 0 spiro atoms. The van der Waals surface area contributed by atoms with Gasteiger partial charge in [0.25, 0.3) is 0 Å². The molecule has 0 aliphatic heterocycles. The normalized spacial score (nSPS) is 11.9. The van der Waals surface area contributed by atoms with Crippen LogP contribution < -0.4 is 0 Å². The van der Waals surface area contributed by atoms with Gasteiger partial charge in [-0.05, 0) is 65.6 Å². The van der Waals surface area contributed by atoms with Gasteiger partial charge in [0.1, 0.15) is 0 Å². The van der Waals surface area contributed by atoms with E-state index >= 15 is 0 Å². The zero-order valence-corrected chi connectivity index (χ0v) is 20.7. The molecule has 4 heteroatoms. The van der Waals surface area contributed by atoms with E-state index in [1.54, 1.807) is 0 Å². The number of aromatic amines is 1. The van der Waals surface area contributed by atoms with Crippen molar-refractivity contribution in [3.05, 3.63) is 95.5 Å². The highest BCUT2D eigenvalue weighted by Crippen LogP contribution is 2.22. The number of fused-ring (bicyclic) bond motifs is 2. The van der Waals surface area contributed by atoms with Gasteiger partial charge in [-0.25, -0.2) is 0 Å². The highest BCUT2D eigenvalue weighted by Gasteiger charge is 2.08. The van der Waals surface area contributed by atoms with Crippen LogP contribution in [0.3, 0.4) is 0 Å². The maximum atomic E-state index is 4.40. The molecule has 0 fully saturated rings. The number of allylic oxidation sites excluding steroid dienone is 1. The van der Waals surface area contributed by atoms with E-state index in [0.717, 1.165) is 23.3 Å². The Morgan fingerprint density at radius 1 is 0.758 bits per heavy atom. The number of rotatable bonds is 3. The number of pyridine rings is 3. The highest BCUT2D eigenvalue weighted by molar-refractivity contribution is 5.78. The molecule has 0 saturated heterocycles. The van der Waals surface area contributed by atoms with Crippen LogP contribution in [0.2, 0.25) is 0 Å². The van der Waals surface area contributed by atoms with Crippen molar-refractivity contribution in [3.8, 4) is 0 Å². The van der Waals surface area contributed by atoms with E-state index in [1.807, 2.05) is 43.0 Å². The second kappa shape index (κ2) is 11.6. The predicted octanol–water partition coefficient (Wildman–Crippen LogP) is 7.67. The Labute approximate surface area is 198 Å². The molecule has 5 rings (SSSR count). The van der Waals surface area contributed by atoms with Crippen LogP contribution in [0, 0.1) is 0 Å². The fourth-order valence-electron chi connectivity index (χ4n) is 3.48. The summed E-state index contributed by atoms with van der Waals surface area (Å²) in [7, 11) is 0. The Hall–Kier alpha value is -3.27. The second-order valence-corrected chi connectivity index (χ2v) is 9.31. The van der Waals surface area contributed by atoms with E-state index in [1.165, 1.54) is 22.2 Å². The van der Waals surface area contributed by atoms with Gasteiger partial charge < -0.3 is 4.98 Å². The van der Waals surface area contributed by atoms with E-state index in [9.17, 15) is 0 Å². The molecule has 0 aromatic carbocycles. The molecule has 172 valence electrons. The fourth-order valence-corrected chi connectivity index (χ4v) is 3.48. The average Bonchev–Trinajstić information content (AvgIpc) is 3.48. The summed E-state index contributed by atoms with van der Waals surface area (Å²) in [5, 5.41) is 1.24. The van der Waals surface area contributed by atoms with Gasteiger partial charge in [0, 0.05) is 41.1 Å². The van der Waals surface area contributed by atoms with Gasteiger partial charge in [-0.15, -0.1) is 0 Å². The molecule has 0 bridgehead atoms. The first-order valence-corrected chi connectivity index (χ1v) is 11.8. The lowest BCUT2D eigenvalue weighted by Crippen LogP contribution is -1.94. The first-order chi connectivity index (χ1) is 15.8. The zero-order chi connectivity index (χ0) is 23.8. The molecule has 0 radical (unpaired) electrons. The number of hydrogen-bond acceptors (Lipinski definition) is 3. The van der Waals surface area contributed by atoms with Crippen LogP contribution in [0.15, 0.2) is 67.3 Å². The van der Waals surface area contributed by atoms with Crippen LogP contribution in [0.1, 0.15) is 87.5 Å². The van der Waals surface area contributed by atoms with Gasteiger partial charge in [0.05, 0.1) is 11.7 Å². The number of nitrogens with one attached hydrogen (secondary N) is 1. The molecular formula is C29H36N4. The van der Waals surface area contributed by atoms with Crippen molar-refractivity contribution in [2.75, 3.05) is 0 Å². The average molecular weight is 441 g/mol. The van der Waals surface area contributed by atoms with Crippen molar-refractivity contribution in [3.63, 3.8) is 0 Å². The lowest BCUT2D eigenvalue weighted by atomic mass is 10.1. The number of H-pyrrole nitrogens is 1. The van der Waals surface area contributed by atoms with Crippen molar-refractivity contribution in [2.24, 2.45) is 0 Å². The lowest BCUT2D eigenvalue weighted by molar-refractivity contribution is 0.819. The van der Waals surface area contributed by atoms with Crippen molar-refractivity contribution < 1.29 is 0 Å². The van der Waals surface area contributed by atoms with Crippen molar-refractivity contribution in [1.82, 2.24) is 19.9 Å². The zero-order valence-electron chi connectivity index (χ0n) is 20.7. The molecular weight excluding hydrogens is 404 g/mol. The van der Waals surface area contributed by atoms with Crippen molar-refractivity contribution in [2.45, 2.75) is 65.7 Å². The largest absolute Gasteiger partial charge is 0.360 e. The molecule has 0 unspecified atom stereocenters. The van der Waals surface area contributed by atoms with Crippen molar-refractivity contribution in [1.29, 1.82) is 0 Å². The minimum Gasteiger partial charge on any atom is -0.360 e. The summed E-state index contributed by atoms with van der Waals surface area (Å²) < 4.78 is 0. The van der Waals surface area contributed by atoms with Gasteiger partial charge in [-0.3, -0.25) is 15.0 Å². The molecule has 1 aliphatic carbocycles. The molecule has 1 N–H and O–H groups in total. The van der Waals surface area contributed by atoms with Gasteiger partial charge >= 0.3 is 0 Å². The summed E-state index contributed by atoms with van der Waals surface area (Å²) in [6.07, 6.45) is 13.1. The predicted molar refractivity (Wildman–Crippen MR) is 140 cm³/mol. The summed E-state index contributed by atoms with van der Waals surface area (Å²) >= 11 is 0. The maximum absolute atomic E-state index is 4.40. The van der Waals surface area contributed by atoms with Crippen LogP contribution >= 0.6 is 0 Å². The maximum Gasteiger partial charge on any atom is 0.0640 e. The van der Waals surface area contributed by atoms with E-state index in [0.29, 0.717) is 17.8 Å². The van der Waals surface area contributed by atoms with E-state index < -0.39 is 0 Å². The van der Waals surface area contributed by atoms with E-state index in [2.05, 4.69) is 91.8 Å². The monoisotopic (exact) mass is 440 g/mol. The van der Waals surface area contributed by atoms with Crippen LogP contribution in [-0.2, 0) is 6.42 Å². The molecule has 4 aromatic heterocycles. The molecule has 4 aromatic rings. The molecule has 0 saturated carbocycles. The Bertz CT molecular complexity index is 1170. The topological polar surface area (TPSA) is 54.5 Å². The lowest BCUT2D eigenvalue weighted by Gasteiger charge is -2.05. The van der Waals surface area contributed by atoms with Crippen LogP contribution in [0.5, 0.6) is 0 Å². The Morgan fingerprint density at radius 3 is 2.09 bits per heavy atom. The van der Waals surface area contributed by atoms with Crippen LogP contribution in [0.4, 0.5) is 0 Å². The Kier molecular flexibility index (Phi) is 8.53. The Morgan fingerprint density at radius 2 is 1.45 bits per heavy atom. The molecule has 0 amide bonds. The molecule has 4 nitrogen and oxygen atoms in total. The standard InChI is InChI=1S/C11H13N.C10H12N2.C8H11N/c1-8(2)11-6-9-4-3-5-10(9)7-12-11;1-7(2)9-5-8-3-4-11-10(8)6-12-9;1-7(2)8-5-3-4-6-9-8/h3,5-8H,4H2,1-2H3;3-7,11H,1-2H3;3-7H,1-2H3. The summed E-state index contributed by atoms with van der Waals surface area (Å²) in [6.45, 7) is 12.9. The van der Waals surface area contributed by atoms with Crippen molar-refractivity contribution >= 4 is 17.0 Å². The first kappa shape index (κ1) is 24.4. The van der Waals surface area contributed by atoms with Crippen LogP contribution in [-0.4, -0.2) is 19.9 Å². The fraction of sp³-hybridized carbons (Fsp3) is 0.345. The quantitative estimate of drug-likeness (QED) is 0.356. The summed E-state index contributed by atoms with van der Waals surface area (Å²) in [5.74, 6) is 1.59. The first-order valence-electron chi connectivity index (χ1n) is 11.8. The van der Waals surface area contributed by atoms with Gasteiger partial charge in [-0.2, -0.15) is 0 Å². The number of aromatic nitrogens is 4. The van der Waals surface area contributed by atoms with Gasteiger partial charge in [-0.1, -0.05) is 59.8 Å². The van der Waals surface area contributed by atoms with Crippen LogP contribution in [0.25, 0.3) is 17.0 Å². The highest BCUT2D eigenvalue weighted by atomic mass is 14.7. The van der Waals surface area contributed by atoms with E-state index in [4.69, 9.17) is 0 Å². The molecule has 0 atom stereocenters. The summed E-state index contributed by atoms with van der Waals surface area (Å²) in [5.41, 5.74) is 7.35. The van der Waals surface area contributed by atoms with E-state index in [-0.39, 0.29) is 0 Å². The number of hydrogen-bond donors (Lipinski definition) is 1. The third-order valence-electron chi connectivity index (χ3n) is 5.60. The SMILES string of the molecule is CC(C)c1cc2c(cn1)C=CC2.CC(C)c1cc2cc[nH]c2cn1.CC(C)c1ccccn1. The minimum absolute atomic E-state index is 0.504. The third-order valence-corrected chi connectivity index (χ3v) is 5.60. The molecule has 33 heavy (non-hydrogen) atoms. The van der Waals surface area contributed by atoms with Gasteiger partial charge in [0.15, 0.2) is 0 Å². The minimum atomic E-state index is 0.504. The smallest absolute Gasteiger partial charge is 0.0640 e. The summed E-state index contributed by atoms with van der Waals surface area (Å²) in [4.78, 5) is 16.0. The Balaban J connectivity index is 0.000000141.